The molecule has 0 fully saturated rings. The van der Waals surface area contributed by atoms with Gasteiger partial charge in [0.25, 0.3) is 0 Å². The molecule has 3 rings (SSSR count). The van der Waals surface area contributed by atoms with E-state index in [0.717, 1.165) is 6.61 Å². The van der Waals surface area contributed by atoms with Crippen LogP contribution in [0.4, 0.5) is 0 Å². The van der Waals surface area contributed by atoms with Crippen molar-refractivity contribution in [2.75, 3.05) is 6.61 Å². The summed E-state index contributed by atoms with van der Waals surface area (Å²) in [5, 5.41) is 0.260. The van der Waals surface area contributed by atoms with Crippen LogP contribution < -0.4 is 0 Å². The molecule has 0 spiro atoms. The van der Waals surface area contributed by atoms with Gasteiger partial charge in [0.05, 0.1) is 6.61 Å². The number of benzene rings is 2. The van der Waals surface area contributed by atoms with E-state index in [1.165, 1.54) is 22.3 Å². The lowest BCUT2D eigenvalue weighted by molar-refractivity contribution is 0.327. The summed E-state index contributed by atoms with van der Waals surface area (Å²) in [5.41, 5.74) is 5.70. The lowest BCUT2D eigenvalue weighted by Crippen LogP contribution is -2.40. The molecule has 1 atom stereocenters. The first-order valence-electron chi connectivity index (χ1n) is 9.71. The third-order valence-electron chi connectivity index (χ3n) is 6.19. The third kappa shape index (κ3) is 3.58. The maximum absolute atomic E-state index is 6.30. The summed E-state index contributed by atoms with van der Waals surface area (Å²) in [7, 11) is -1.67. The Morgan fingerprint density at radius 1 is 0.962 bits per heavy atom. The smallest absolute Gasteiger partial charge is 0.192 e. The van der Waals surface area contributed by atoms with Gasteiger partial charge in [0.1, 0.15) is 0 Å². The highest BCUT2D eigenvalue weighted by Crippen LogP contribution is 2.48. The van der Waals surface area contributed by atoms with Gasteiger partial charge in [-0.05, 0) is 46.3 Å². The van der Waals surface area contributed by atoms with Gasteiger partial charge in [-0.15, -0.1) is 0 Å². The van der Waals surface area contributed by atoms with Crippen LogP contribution in [0.25, 0.3) is 11.1 Å². The highest BCUT2D eigenvalue weighted by Gasteiger charge is 2.36. The van der Waals surface area contributed by atoms with Crippen LogP contribution in [0.3, 0.4) is 0 Å². The van der Waals surface area contributed by atoms with E-state index in [1.807, 2.05) is 0 Å². The minimum absolute atomic E-state index is 0.260. The molecule has 0 heterocycles. The second-order valence-corrected chi connectivity index (χ2v) is 13.8. The topological polar surface area (TPSA) is 9.23 Å². The zero-order valence-corrected chi connectivity index (χ0v) is 18.0. The maximum atomic E-state index is 6.30. The monoisotopic (exact) mass is 364 g/mol. The Labute approximate surface area is 160 Å². The Morgan fingerprint density at radius 3 is 1.96 bits per heavy atom. The van der Waals surface area contributed by atoms with Crippen LogP contribution in [0.2, 0.25) is 18.1 Å². The molecule has 2 heteroatoms. The van der Waals surface area contributed by atoms with Crippen molar-refractivity contribution in [3.05, 3.63) is 71.8 Å². The van der Waals surface area contributed by atoms with Gasteiger partial charge in [-0.1, -0.05) is 88.4 Å². The molecule has 1 aliphatic carbocycles. The SMILES string of the molecule is CC(/C=C/CO[Si](C)(C)C(C)(C)C)C1c2ccccc2-c2ccccc21. The molecule has 0 aromatic heterocycles. The van der Waals surface area contributed by atoms with Crippen molar-refractivity contribution in [1.82, 2.24) is 0 Å². The first-order valence-corrected chi connectivity index (χ1v) is 12.6. The highest BCUT2D eigenvalue weighted by atomic mass is 28.4. The van der Waals surface area contributed by atoms with E-state index in [2.05, 4.69) is 101 Å². The van der Waals surface area contributed by atoms with E-state index in [9.17, 15) is 0 Å². The number of hydrogen-bond acceptors (Lipinski definition) is 1. The molecule has 0 amide bonds. The second kappa shape index (κ2) is 7.17. The maximum Gasteiger partial charge on any atom is 0.192 e. The molecule has 0 saturated heterocycles. The van der Waals surface area contributed by atoms with E-state index < -0.39 is 8.32 Å². The largest absolute Gasteiger partial charge is 0.413 e. The lowest BCUT2D eigenvalue weighted by atomic mass is 9.85. The summed E-state index contributed by atoms with van der Waals surface area (Å²) in [6.07, 6.45) is 4.57. The standard InChI is InChI=1S/C24H32OSi/c1-18(12-11-17-25-26(5,6)24(2,3)4)23-21-15-9-7-13-19(21)20-14-8-10-16-22(20)23/h7-16,18,23H,17H2,1-6H3/b12-11+. The number of rotatable bonds is 5. The van der Waals surface area contributed by atoms with E-state index in [1.54, 1.807) is 0 Å². The van der Waals surface area contributed by atoms with Gasteiger partial charge < -0.3 is 4.43 Å². The van der Waals surface area contributed by atoms with Gasteiger partial charge in [0.2, 0.25) is 0 Å². The van der Waals surface area contributed by atoms with Crippen molar-refractivity contribution in [3.63, 3.8) is 0 Å². The minimum atomic E-state index is -1.67. The second-order valence-electron chi connectivity index (χ2n) is 9.01. The van der Waals surface area contributed by atoms with Gasteiger partial charge in [0.15, 0.2) is 8.32 Å². The number of fused-ring (bicyclic) bond motifs is 3. The first-order chi connectivity index (χ1) is 12.2. The molecule has 138 valence electrons. The minimum Gasteiger partial charge on any atom is -0.413 e. The first kappa shape index (κ1) is 19.1. The van der Waals surface area contributed by atoms with E-state index >= 15 is 0 Å². The fraction of sp³-hybridized carbons (Fsp3) is 0.417. The fourth-order valence-corrected chi connectivity index (χ4v) is 4.56. The quantitative estimate of drug-likeness (QED) is 0.409. The van der Waals surface area contributed by atoms with E-state index in [4.69, 9.17) is 4.43 Å². The predicted octanol–water partition coefficient (Wildman–Crippen LogP) is 7.01. The summed E-state index contributed by atoms with van der Waals surface area (Å²) < 4.78 is 6.30. The molecule has 1 aliphatic rings. The summed E-state index contributed by atoms with van der Waals surface area (Å²) in [6, 6.07) is 17.7. The van der Waals surface area contributed by atoms with Crippen LogP contribution in [0.1, 0.15) is 44.7 Å². The van der Waals surface area contributed by atoms with Gasteiger partial charge in [0, 0.05) is 5.92 Å². The molecule has 0 N–H and O–H groups in total. The zero-order valence-electron chi connectivity index (χ0n) is 17.0. The fourth-order valence-electron chi connectivity index (χ4n) is 3.62. The number of allylic oxidation sites excluding steroid dienone is 1. The van der Waals surface area contributed by atoms with Gasteiger partial charge >= 0.3 is 0 Å². The van der Waals surface area contributed by atoms with E-state index in [-0.39, 0.29) is 5.04 Å². The summed E-state index contributed by atoms with van der Waals surface area (Å²) in [6.45, 7) is 14.5. The zero-order chi connectivity index (χ0) is 18.9. The molecule has 1 unspecified atom stereocenters. The molecule has 0 bridgehead atoms. The Bertz CT molecular complexity index is 752. The van der Waals surface area contributed by atoms with Crippen LogP contribution in [-0.4, -0.2) is 14.9 Å². The summed E-state index contributed by atoms with van der Waals surface area (Å²) in [4.78, 5) is 0. The van der Waals surface area contributed by atoms with Crippen molar-refractivity contribution in [2.45, 2.75) is 51.7 Å². The summed E-state index contributed by atoms with van der Waals surface area (Å²) >= 11 is 0. The van der Waals surface area contributed by atoms with E-state index in [0.29, 0.717) is 11.8 Å². The van der Waals surface area contributed by atoms with Crippen LogP contribution in [0.5, 0.6) is 0 Å². The third-order valence-corrected chi connectivity index (χ3v) is 10.7. The van der Waals surface area contributed by atoms with Gasteiger partial charge in [-0.25, -0.2) is 0 Å². The van der Waals surface area contributed by atoms with Crippen LogP contribution in [-0.2, 0) is 4.43 Å². The molecule has 0 radical (unpaired) electrons. The predicted molar refractivity (Wildman–Crippen MR) is 115 cm³/mol. The summed E-state index contributed by atoms with van der Waals surface area (Å²) in [5.74, 6) is 0.884. The molecule has 1 nitrogen and oxygen atoms in total. The Kier molecular flexibility index (Phi) is 5.27. The molecule has 0 aliphatic heterocycles. The van der Waals surface area contributed by atoms with Gasteiger partial charge in [-0.3, -0.25) is 0 Å². The van der Waals surface area contributed by atoms with Crippen LogP contribution >= 0.6 is 0 Å². The Balaban J connectivity index is 1.75. The number of hydrogen-bond donors (Lipinski definition) is 0. The average molecular weight is 365 g/mol. The highest BCUT2D eigenvalue weighted by molar-refractivity contribution is 6.74. The van der Waals surface area contributed by atoms with Crippen molar-refractivity contribution < 1.29 is 4.43 Å². The van der Waals surface area contributed by atoms with Crippen molar-refractivity contribution >= 4 is 8.32 Å². The molecule has 2 aromatic rings. The molecule has 2 aromatic carbocycles. The van der Waals surface area contributed by atoms with Crippen molar-refractivity contribution in [3.8, 4) is 11.1 Å². The van der Waals surface area contributed by atoms with Crippen molar-refractivity contribution in [1.29, 1.82) is 0 Å². The molecular weight excluding hydrogens is 332 g/mol. The van der Waals surface area contributed by atoms with Crippen LogP contribution in [0, 0.1) is 5.92 Å². The van der Waals surface area contributed by atoms with Gasteiger partial charge in [-0.2, -0.15) is 0 Å². The Hall–Kier alpha value is -1.64. The van der Waals surface area contributed by atoms with Crippen molar-refractivity contribution in [2.24, 2.45) is 5.92 Å². The average Bonchev–Trinajstić information content (AvgIpc) is 2.92. The Morgan fingerprint density at radius 2 is 1.46 bits per heavy atom. The normalized spacial score (nSPS) is 15.9. The molecule has 26 heavy (non-hydrogen) atoms. The lowest BCUT2D eigenvalue weighted by Gasteiger charge is -2.35. The van der Waals surface area contributed by atoms with Crippen LogP contribution in [0.15, 0.2) is 60.7 Å². The molecular formula is C24H32OSi. The molecule has 0 saturated carbocycles.